The van der Waals surface area contributed by atoms with Crippen LogP contribution in [0.15, 0.2) is 23.5 Å². The number of hydrogen-bond acceptors (Lipinski definition) is 1. The van der Waals surface area contributed by atoms with Crippen molar-refractivity contribution in [1.82, 2.24) is 0 Å². The molecule has 2 unspecified atom stereocenters. The topological polar surface area (TPSA) is 20.2 Å². The van der Waals surface area contributed by atoms with E-state index in [0.29, 0.717) is 17.6 Å². The normalized spacial score (nSPS) is 29.6. The van der Waals surface area contributed by atoms with E-state index in [2.05, 4.69) is 20.8 Å². The summed E-state index contributed by atoms with van der Waals surface area (Å²) in [6, 6.07) is 0. The minimum absolute atomic E-state index is 0.448. The molecule has 0 aliphatic heterocycles. The molecule has 1 heteroatoms. The van der Waals surface area contributed by atoms with Gasteiger partial charge in [0.2, 0.25) is 0 Å². The summed E-state index contributed by atoms with van der Waals surface area (Å²) in [6.45, 7) is 6.54. The van der Waals surface area contributed by atoms with Gasteiger partial charge >= 0.3 is 0 Å². The Labute approximate surface area is 74.8 Å². The monoisotopic (exact) mass is 166 g/mol. The van der Waals surface area contributed by atoms with E-state index in [-0.39, 0.29) is 0 Å². The van der Waals surface area contributed by atoms with Crippen LogP contribution in [0.3, 0.4) is 0 Å². The van der Waals surface area contributed by atoms with Crippen LogP contribution < -0.4 is 0 Å². The molecule has 2 atom stereocenters. The second kappa shape index (κ2) is 3.79. The van der Waals surface area contributed by atoms with Crippen LogP contribution in [0.2, 0.25) is 0 Å². The first-order valence-electron chi connectivity index (χ1n) is 4.80. The van der Waals surface area contributed by atoms with Crippen molar-refractivity contribution < 1.29 is 5.11 Å². The van der Waals surface area contributed by atoms with E-state index in [1.807, 2.05) is 12.2 Å². The zero-order valence-electron chi connectivity index (χ0n) is 8.17. The summed E-state index contributed by atoms with van der Waals surface area (Å²) in [4.78, 5) is 0. The maximum atomic E-state index is 9.38. The van der Waals surface area contributed by atoms with E-state index in [4.69, 9.17) is 0 Å². The summed E-state index contributed by atoms with van der Waals surface area (Å²) in [7, 11) is 0. The Morgan fingerprint density at radius 1 is 1.42 bits per heavy atom. The van der Waals surface area contributed by atoms with Crippen molar-refractivity contribution in [1.29, 1.82) is 0 Å². The third-order valence-corrected chi connectivity index (χ3v) is 2.73. The number of aliphatic hydroxyl groups is 1. The fraction of sp³-hybridized carbons (Fsp3) is 0.636. The molecule has 12 heavy (non-hydrogen) atoms. The highest BCUT2D eigenvalue weighted by molar-refractivity contribution is 5.26. The van der Waals surface area contributed by atoms with Gasteiger partial charge in [-0.15, -0.1) is 0 Å². The molecule has 0 saturated heterocycles. The largest absolute Gasteiger partial charge is 0.508 e. The zero-order chi connectivity index (χ0) is 9.14. The lowest BCUT2D eigenvalue weighted by Crippen LogP contribution is -2.15. The van der Waals surface area contributed by atoms with Gasteiger partial charge in [-0.05, 0) is 36.8 Å². The van der Waals surface area contributed by atoms with Crippen molar-refractivity contribution >= 4 is 0 Å². The molecule has 0 aromatic rings. The molecule has 0 aromatic carbocycles. The van der Waals surface area contributed by atoms with Crippen LogP contribution in [0.25, 0.3) is 0 Å². The average molecular weight is 166 g/mol. The number of aliphatic hydroxyl groups excluding tert-OH is 1. The minimum Gasteiger partial charge on any atom is -0.508 e. The first-order valence-corrected chi connectivity index (χ1v) is 4.80. The average Bonchev–Trinajstić information content (AvgIpc) is 2.03. The quantitative estimate of drug-likeness (QED) is 0.666. The Bertz CT molecular complexity index is 213. The van der Waals surface area contributed by atoms with Crippen LogP contribution in [0, 0.1) is 11.8 Å². The van der Waals surface area contributed by atoms with E-state index in [1.54, 1.807) is 0 Å². The summed E-state index contributed by atoms with van der Waals surface area (Å²) < 4.78 is 0. The summed E-state index contributed by atoms with van der Waals surface area (Å²) >= 11 is 0. The van der Waals surface area contributed by atoms with Crippen LogP contribution in [0.5, 0.6) is 0 Å². The Hall–Kier alpha value is -0.720. The molecule has 1 aliphatic rings. The van der Waals surface area contributed by atoms with Gasteiger partial charge in [-0.2, -0.15) is 0 Å². The second-order valence-corrected chi connectivity index (χ2v) is 3.54. The third kappa shape index (κ3) is 1.71. The first kappa shape index (κ1) is 9.37. The number of hydrogen-bond donors (Lipinski definition) is 1. The molecule has 0 heterocycles. The van der Waals surface area contributed by atoms with Gasteiger partial charge in [-0.1, -0.05) is 26.3 Å². The van der Waals surface area contributed by atoms with Gasteiger partial charge in [-0.25, -0.2) is 0 Å². The molecule has 0 radical (unpaired) electrons. The second-order valence-electron chi connectivity index (χ2n) is 3.54. The van der Waals surface area contributed by atoms with Crippen LogP contribution in [0.4, 0.5) is 0 Å². The standard InChI is InChI=1S/C11H18O/c1-4-9-7-10(12)6-8(3)11(9)5-2/h6-8,11-12H,4-5H2,1-3H3. The van der Waals surface area contributed by atoms with Crippen LogP contribution in [0.1, 0.15) is 33.6 Å². The Kier molecular flexibility index (Phi) is 2.96. The maximum absolute atomic E-state index is 9.38. The SMILES string of the molecule is CCC1=CC(O)=CC(C)C1CC. The van der Waals surface area contributed by atoms with E-state index in [1.165, 1.54) is 12.0 Å². The fourth-order valence-corrected chi connectivity index (χ4v) is 2.07. The Morgan fingerprint density at radius 3 is 2.58 bits per heavy atom. The highest BCUT2D eigenvalue weighted by atomic mass is 16.3. The van der Waals surface area contributed by atoms with Gasteiger partial charge in [-0.3, -0.25) is 0 Å². The highest BCUT2D eigenvalue weighted by Crippen LogP contribution is 2.32. The Morgan fingerprint density at radius 2 is 2.08 bits per heavy atom. The van der Waals surface area contributed by atoms with Crippen LogP contribution in [-0.2, 0) is 0 Å². The molecule has 1 aliphatic carbocycles. The van der Waals surface area contributed by atoms with Gasteiger partial charge in [0.05, 0.1) is 0 Å². The molecule has 68 valence electrons. The van der Waals surface area contributed by atoms with E-state index < -0.39 is 0 Å². The molecular formula is C11H18O. The third-order valence-electron chi connectivity index (χ3n) is 2.73. The number of allylic oxidation sites excluding steroid dienone is 3. The molecule has 0 saturated carbocycles. The van der Waals surface area contributed by atoms with Gasteiger partial charge in [0, 0.05) is 0 Å². The van der Waals surface area contributed by atoms with Crippen LogP contribution >= 0.6 is 0 Å². The summed E-state index contributed by atoms with van der Waals surface area (Å²) in [5, 5.41) is 9.38. The fourth-order valence-electron chi connectivity index (χ4n) is 2.07. The Balaban J connectivity index is 2.85. The summed E-state index contributed by atoms with van der Waals surface area (Å²) in [5.74, 6) is 1.59. The van der Waals surface area contributed by atoms with E-state index in [9.17, 15) is 5.11 Å². The lowest BCUT2D eigenvalue weighted by Gasteiger charge is -2.26. The molecule has 1 nitrogen and oxygen atoms in total. The van der Waals surface area contributed by atoms with Crippen molar-refractivity contribution in [2.45, 2.75) is 33.6 Å². The van der Waals surface area contributed by atoms with Gasteiger partial charge in [0.15, 0.2) is 0 Å². The molecule has 1 rings (SSSR count). The maximum Gasteiger partial charge on any atom is 0.111 e. The lowest BCUT2D eigenvalue weighted by atomic mass is 9.80. The summed E-state index contributed by atoms with van der Waals surface area (Å²) in [5.41, 5.74) is 1.39. The molecule has 1 N–H and O–H groups in total. The molecule has 0 amide bonds. The molecule has 0 aromatic heterocycles. The number of rotatable bonds is 2. The molecule has 0 bridgehead atoms. The minimum atomic E-state index is 0.448. The van der Waals surface area contributed by atoms with Gasteiger partial charge < -0.3 is 5.11 Å². The predicted molar refractivity (Wildman–Crippen MR) is 52.0 cm³/mol. The molecule has 0 fully saturated rings. The van der Waals surface area contributed by atoms with Crippen molar-refractivity contribution in [2.24, 2.45) is 11.8 Å². The molecule has 0 spiro atoms. The lowest BCUT2D eigenvalue weighted by molar-refractivity contribution is 0.383. The van der Waals surface area contributed by atoms with Crippen molar-refractivity contribution in [2.75, 3.05) is 0 Å². The van der Waals surface area contributed by atoms with E-state index in [0.717, 1.165) is 6.42 Å². The van der Waals surface area contributed by atoms with Crippen LogP contribution in [-0.4, -0.2) is 5.11 Å². The zero-order valence-corrected chi connectivity index (χ0v) is 8.17. The van der Waals surface area contributed by atoms with Crippen molar-refractivity contribution in [3.05, 3.63) is 23.5 Å². The summed E-state index contributed by atoms with van der Waals surface area (Å²) in [6.07, 6.45) is 6.10. The molecular weight excluding hydrogens is 148 g/mol. The highest BCUT2D eigenvalue weighted by Gasteiger charge is 2.21. The smallest absolute Gasteiger partial charge is 0.111 e. The van der Waals surface area contributed by atoms with E-state index >= 15 is 0 Å². The van der Waals surface area contributed by atoms with Gasteiger partial charge in [0.25, 0.3) is 0 Å². The predicted octanol–water partition coefficient (Wildman–Crippen LogP) is 3.44. The van der Waals surface area contributed by atoms with Crippen molar-refractivity contribution in [3.8, 4) is 0 Å². The van der Waals surface area contributed by atoms with Crippen molar-refractivity contribution in [3.63, 3.8) is 0 Å². The first-order chi connectivity index (χ1) is 5.69. The van der Waals surface area contributed by atoms with Gasteiger partial charge in [0.1, 0.15) is 5.76 Å².